The molecular weight excluding hydrogens is 140 g/mol. The zero-order valence-corrected chi connectivity index (χ0v) is 7.09. The molecule has 2 fully saturated rings. The molecule has 62 valence electrons. The lowest BCUT2D eigenvalue weighted by atomic mass is 9.49. The highest BCUT2D eigenvalue weighted by Crippen LogP contribution is 2.56. The summed E-state index contributed by atoms with van der Waals surface area (Å²) in [5.74, 6) is 0.593. The summed E-state index contributed by atoms with van der Waals surface area (Å²) in [6, 6.07) is 0. The molecule has 2 heteroatoms. The third-order valence-electron chi connectivity index (χ3n) is 3.40. The van der Waals surface area contributed by atoms with Crippen molar-refractivity contribution in [1.29, 1.82) is 0 Å². The Morgan fingerprint density at radius 3 is 2.45 bits per heavy atom. The van der Waals surface area contributed by atoms with E-state index in [1.54, 1.807) is 7.11 Å². The van der Waals surface area contributed by atoms with E-state index in [4.69, 9.17) is 4.74 Å². The maximum atomic E-state index is 11.5. The molecule has 2 saturated carbocycles. The molecule has 0 aliphatic heterocycles. The highest BCUT2D eigenvalue weighted by atomic mass is 16.5. The molecule has 2 atom stereocenters. The Balaban J connectivity index is 2.15. The minimum absolute atomic E-state index is 0.0197. The van der Waals surface area contributed by atoms with E-state index in [0.29, 0.717) is 5.78 Å². The van der Waals surface area contributed by atoms with Crippen LogP contribution in [0.3, 0.4) is 0 Å². The number of Topliss-reactive ketones (excluding diaryl/α,β-unsaturated/α-hetero) is 1. The van der Waals surface area contributed by atoms with Crippen molar-refractivity contribution in [3.05, 3.63) is 0 Å². The van der Waals surface area contributed by atoms with Crippen LogP contribution in [0.2, 0.25) is 0 Å². The first-order valence-electron chi connectivity index (χ1n) is 4.29. The molecule has 2 rings (SSSR count). The maximum Gasteiger partial charge on any atom is 0.147 e. The summed E-state index contributed by atoms with van der Waals surface area (Å²) in [7, 11) is 1.72. The van der Waals surface area contributed by atoms with Crippen LogP contribution >= 0.6 is 0 Å². The average molecular weight is 154 g/mol. The Kier molecular flexibility index (Phi) is 1.37. The zero-order chi connectivity index (χ0) is 8.06. The van der Waals surface area contributed by atoms with Gasteiger partial charge in [0.25, 0.3) is 0 Å². The van der Waals surface area contributed by atoms with Gasteiger partial charge in [-0.05, 0) is 12.8 Å². The number of methoxy groups -OCH3 is 1. The molecule has 1 spiro atoms. The molecule has 0 aromatic heterocycles. The molecule has 0 bridgehead atoms. The van der Waals surface area contributed by atoms with Crippen molar-refractivity contribution < 1.29 is 9.53 Å². The number of hydrogen-bond donors (Lipinski definition) is 0. The SMILES string of the molecule is CO[C@H]1[C@H](C)C(=O)C12CCC2. The van der Waals surface area contributed by atoms with Crippen molar-refractivity contribution >= 4 is 5.78 Å². The summed E-state index contributed by atoms with van der Waals surface area (Å²) < 4.78 is 5.31. The van der Waals surface area contributed by atoms with Crippen LogP contribution in [0.1, 0.15) is 26.2 Å². The number of ketones is 1. The van der Waals surface area contributed by atoms with E-state index in [1.807, 2.05) is 6.92 Å². The van der Waals surface area contributed by atoms with Gasteiger partial charge in [-0.1, -0.05) is 13.3 Å². The third kappa shape index (κ3) is 0.639. The molecule has 0 aromatic rings. The molecule has 0 aromatic carbocycles. The second-order valence-corrected chi connectivity index (χ2v) is 3.82. The van der Waals surface area contributed by atoms with Crippen molar-refractivity contribution in [2.75, 3.05) is 7.11 Å². The van der Waals surface area contributed by atoms with E-state index in [2.05, 4.69) is 0 Å². The van der Waals surface area contributed by atoms with Crippen LogP contribution in [0.25, 0.3) is 0 Å². The van der Waals surface area contributed by atoms with Crippen molar-refractivity contribution in [2.24, 2.45) is 11.3 Å². The van der Waals surface area contributed by atoms with Crippen LogP contribution in [0, 0.1) is 11.3 Å². The molecule has 0 amide bonds. The first-order chi connectivity index (χ1) is 5.22. The Morgan fingerprint density at radius 1 is 1.55 bits per heavy atom. The van der Waals surface area contributed by atoms with Gasteiger partial charge in [0.05, 0.1) is 11.5 Å². The highest BCUT2D eigenvalue weighted by molar-refractivity contribution is 5.95. The minimum atomic E-state index is -0.0197. The average Bonchev–Trinajstić information content (AvgIpc) is 1.93. The standard InChI is InChI=1S/C9H14O2/c1-6-7(10)9(4-3-5-9)8(6)11-2/h6,8H,3-5H2,1-2H3/t6-,8+/m1/s1. The number of hydrogen-bond acceptors (Lipinski definition) is 2. The molecule has 2 aliphatic rings. The van der Waals surface area contributed by atoms with Gasteiger partial charge >= 0.3 is 0 Å². The third-order valence-corrected chi connectivity index (χ3v) is 3.40. The summed E-state index contributed by atoms with van der Waals surface area (Å²) in [4.78, 5) is 11.5. The van der Waals surface area contributed by atoms with Crippen molar-refractivity contribution in [3.8, 4) is 0 Å². The van der Waals surface area contributed by atoms with Crippen molar-refractivity contribution in [3.63, 3.8) is 0 Å². The second-order valence-electron chi connectivity index (χ2n) is 3.82. The number of ether oxygens (including phenoxy) is 1. The van der Waals surface area contributed by atoms with Gasteiger partial charge in [0.15, 0.2) is 0 Å². The van der Waals surface area contributed by atoms with Crippen LogP contribution in [0.5, 0.6) is 0 Å². The van der Waals surface area contributed by atoms with Gasteiger partial charge < -0.3 is 4.74 Å². The molecule has 0 radical (unpaired) electrons. The molecule has 0 saturated heterocycles. The van der Waals surface area contributed by atoms with E-state index in [-0.39, 0.29) is 17.4 Å². The maximum absolute atomic E-state index is 11.5. The quantitative estimate of drug-likeness (QED) is 0.570. The fourth-order valence-corrected chi connectivity index (χ4v) is 2.63. The van der Waals surface area contributed by atoms with Gasteiger partial charge in [0, 0.05) is 13.0 Å². The minimum Gasteiger partial charge on any atom is -0.380 e. The van der Waals surface area contributed by atoms with Crippen molar-refractivity contribution in [2.45, 2.75) is 32.3 Å². The lowest BCUT2D eigenvalue weighted by Gasteiger charge is -2.56. The van der Waals surface area contributed by atoms with Crippen LogP contribution in [0.4, 0.5) is 0 Å². The second kappa shape index (κ2) is 2.07. The van der Waals surface area contributed by atoms with E-state index >= 15 is 0 Å². The predicted octanol–water partition coefficient (Wildman–Crippen LogP) is 1.39. The zero-order valence-electron chi connectivity index (χ0n) is 7.09. The van der Waals surface area contributed by atoms with E-state index in [9.17, 15) is 4.79 Å². The van der Waals surface area contributed by atoms with Gasteiger partial charge in [-0.25, -0.2) is 0 Å². The van der Waals surface area contributed by atoms with Gasteiger partial charge in [-0.2, -0.15) is 0 Å². The highest BCUT2D eigenvalue weighted by Gasteiger charge is 2.62. The summed E-state index contributed by atoms with van der Waals surface area (Å²) >= 11 is 0. The number of carbonyl (C=O) groups excluding carboxylic acids is 1. The monoisotopic (exact) mass is 154 g/mol. The predicted molar refractivity (Wildman–Crippen MR) is 41.3 cm³/mol. The van der Waals surface area contributed by atoms with Gasteiger partial charge in [-0.3, -0.25) is 4.79 Å². The van der Waals surface area contributed by atoms with Crippen LogP contribution in [-0.4, -0.2) is 19.0 Å². The molecule has 0 unspecified atom stereocenters. The fourth-order valence-electron chi connectivity index (χ4n) is 2.63. The van der Waals surface area contributed by atoms with Gasteiger partial charge in [0.1, 0.15) is 5.78 Å². The van der Waals surface area contributed by atoms with Gasteiger partial charge in [-0.15, -0.1) is 0 Å². The largest absolute Gasteiger partial charge is 0.380 e. The summed E-state index contributed by atoms with van der Waals surface area (Å²) in [5.41, 5.74) is -0.0197. The molecule has 2 nitrogen and oxygen atoms in total. The smallest absolute Gasteiger partial charge is 0.147 e. The van der Waals surface area contributed by atoms with E-state index in [0.717, 1.165) is 12.8 Å². The lowest BCUT2D eigenvalue weighted by molar-refractivity contribution is -0.188. The number of carbonyl (C=O) groups is 1. The summed E-state index contributed by atoms with van der Waals surface area (Å²) in [5, 5.41) is 0. The molecular formula is C9H14O2. The number of rotatable bonds is 1. The van der Waals surface area contributed by atoms with E-state index in [1.165, 1.54) is 6.42 Å². The summed E-state index contributed by atoms with van der Waals surface area (Å²) in [6.07, 6.45) is 3.56. The van der Waals surface area contributed by atoms with Crippen LogP contribution in [-0.2, 0) is 9.53 Å². The molecule has 0 heterocycles. The van der Waals surface area contributed by atoms with Gasteiger partial charge in [0.2, 0.25) is 0 Å². The van der Waals surface area contributed by atoms with Crippen molar-refractivity contribution in [1.82, 2.24) is 0 Å². The topological polar surface area (TPSA) is 26.3 Å². The van der Waals surface area contributed by atoms with Crippen LogP contribution < -0.4 is 0 Å². The fraction of sp³-hybridized carbons (Fsp3) is 0.889. The first-order valence-corrected chi connectivity index (χ1v) is 4.29. The van der Waals surface area contributed by atoms with Crippen LogP contribution in [0.15, 0.2) is 0 Å². The molecule has 2 aliphatic carbocycles. The Bertz CT molecular complexity index is 194. The van der Waals surface area contributed by atoms with E-state index < -0.39 is 0 Å². The Labute approximate surface area is 66.9 Å². The summed E-state index contributed by atoms with van der Waals surface area (Å²) in [6.45, 7) is 1.97. The first kappa shape index (κ1) is 7.29. The Morgan fingerprint density at radius 2 is 2.18 bits per heavy atom. The molecule has 0 N–H and O–H groups in total. The molecule has 11 heavy (non-hydrogen) atoms. The lowest BCUT2D eigenvalue weighted by Crippen LogP contribution is -2.64. The normalized spacial score (nSPS) is 40.0. The Hall–Kier alpha value is -0.370.